The number of hydrogen-bond donors (Lipinski definition) is 2. The van der Waals surface area contributed by atoms with Crippen LogP contribution >= 0.6 is 24.0 Å². The number of nitrogens with one attached hydrogen (secondary N) is 2. The SMILES string of the molecule is CCN(Cc1ccccc1)C(=O)CNC(=NC)NC(C)C(C)C.I. The Bertz CT molecular complexity index is 505. The van der Waals surface area contributed by atoms with E-state index in [9.17, 15) is 4.79 Å². The summed E-state index contributed by atoms with van der Waals surface area (Å²) in [6.07, 6.45) is 0. The average molecular weight is 446 g/mol. The smallest absolute Gasteiger partial charge is 0.242 e. The Balaban J connectivity index is 0.00000529. The first-order chi connectivity index (χ1) is 11.0. The zero-order valence-electron chi connectivity index (χ0n) is 15.4. The maximum Gasteiger partial charge on any atom is 0.242 e. The van der Waals surface area contributed by atoms with E-state index in [1.807, 2.05) is 42.2 Å². The molecule has 0 saturated heterocycles. The number of benzene rings is 1. The predicted molar refractivity (Wildman–Crippen MR) is 112 cm³/mol. The minimum absolute atomic E-state index is 0. The summed E-state index contributed by atoms with van der Waals surface area (Å²) in [5.41, 5.74) is 1.14. The summed E-state index contributed by atoms with van der Waals surface area (Å²) in [7, 11) is 1.72. The molecular formula is C18H31IN4O. The summed E-state index contributed by atoms with van der Waals surface area (Å²) in [6.45, 7) is 9.95. The number of carbonyl (C=O) groups is 1. The molecule has 6 heteroatoms. The molecule has 1 rings (SSSR count). The third kappa shape index (κ3) is 7.99. The molecule has 1 amide bonds. The molecule has 0 aliphatic rings. The fourth-order valence-electron chi connectivity index (χ4n) is 2.03. The summed E-state index contributed by atoms with van der Waals surface area (Å²) in [5.74, 6) is 1.22. The summed E-state index contributed by atoms with van der Waals surface area (Å²) in [4.78, 5) is 18.4. The van der Waals surface area contributed by atoms with Crippen molar-refractivity contribution in [2.45, 2.75) is 40.3 Å². The van der Waals surface area contributed by atoms with E-state index in [0.717, 1.165) is 5.56 Å². The lowest BCUT2D eigenvalue weighted by atomic mass is 10.1. The number of carbonyl (C=O) groups excluding carboxylic acids is 1. The lowest BCUT2D eigenvalue weighted by Crippen LogP contribution is -2.48. The van der Waals surface area contributed by atoms with Gasteiger partial charge >= 0.3 is 0 Å². The summed E-state index contributed by atoms with van der Waals surface area (Å²) in [6, 6.07) is 10.3. The molecular weight excluding hydrogens is 415 g/mol. The third-order valence-corrected chi connectivity index (χ3v) is 3.95. The molecule has 136 valence electrons. The van der Waals surface area contributed by atoms with Crippen LogP contribution in [0, 0.1) is 5.92 Å². The van der Waals surface area contributed by atoms with Crippen molar-refractivity contribution in [3.63, 3.8) is 0 Å². The van der Waals surface area contributed by atoms with Crippen molar-refractivity contribution in [3.05, 3.63) is 35.9 Å². The minimum Gasteiger partial charge on any atom is -0.354 e. The van der Waals surface area contributed by atoms with Gasteiger partial charge in [0.1, 0.15) is 0 Å². The van der Waals surface area contributed by atoms with Crippen LogP contribution in [0.1, 0.15) is 33.3 Å². The molecule has 0 bridgehead atoms. The van der Waals surface area contributed by atoms with Crippen LogP contribution in [0.15, 0.2) is 35.3 Å². The Hall–Kier alpha value is -1.31. The van der Waals surface area contributed by atoms with E-state index < -0.39 is 0 Å². The van der Waals surface area contributed by atoms with Crippen LogP contribution in [-0.2, 0) is 11.3 Å². The second kappa shape index (κ2) is 12.1. The van der Waals surface area contributed by atoms with Gasteiger partial charge in [-0.05, 0) is 25.3 Å². The van der Waals surface area contributed by atoms with Gasteiger partial charge in [0.05, 0.1) is 6.54 Å². The summed E-state index contributed by atoms with van der Waals surface area (Å²) in [5, 5.41) is 6.40. The number of hydrogen-bond acceptors (Lipinski definition) is 2. The molecule has 1 aromatic rings. The van der Waals surface area contributed by atoms with Crippen LogP contribution in [0.4, 0.5) is 0 Å². The Morgan fingerprint density at radius 3 is 2.33 bits per heavy atom. The maximum absolute atomic E-state index is 12.4. The van der Waals surface area contributed by atoms with E-state index in [4.69, 9.17) is 0 Å². The van der Waals surface area contributed by atoms with Gasteiger partial charge in [-0.3, -0.25) is 9.79 Å². The zero-order valence-corrected chi connectivity index (χ0v) is 17.7. The molecule has 0 aliphatic carbocycles. The van der Waals surface area contributed by atoms with Crippen LogP contribution in [0.2, 0.25) is 0 Å². The second-order valence-corrected chi connectivity index (χ2v) is 6.00. The van der Waals surface area contributed by atoms with E-state index in [-0.39, 0.29) is 36.4 Å². The molecule has 1 unspecified atom stereocenters. The van der Waals surface area contributed by atoms with Gasteiger partial charge in [-0.25, -0.2) is 0 Å². The highest BCUT2D eigenvalue weighted by Crippen LogP contribution is 2.04. The number of amides is 1. The summed E-state index contributed by atoms with van der Waals surface area (Å²) < 4.78 is 0. The van der Waals surface area contributed by atoms with Crippen molar-refractivity contribution in [3.8, 4) is 0 Å². The number of aliphatic imine (C=N–C) groups is 1. The largest absolute Gasteiger partial charge is 0.354 e. The predicted octanol–water partition coefficient (Wildman–Crippen LogP) is 2.86. The number of nitrogens with zero attached hydrogens (tertiary/aromatic N) is 2. The van der Waals surface area contributed by atoms with E-state index in [2.05, 4.69) is 36.4 Å². The maximum atomic E-state index is 12.4. The van der Waals surface area contributed by atoms with E-state index in [0.29, 0.717) is 31.0 Å². The highest BCUT2D eigenvalue weighted by atomic mass is 127. The normalized spacial score (nSPS) is 12.3. The monoisotopic (exact) mass is 446 g/mol. The van der Waals surface area contributed by atoms with Crippen LogP contribution < -0.4 is 10.6 Å². The highest BCUT2D eigenvalue weighted by Gasteiger charge is 2.14. The minimum atomic E-state index is 0. The van der Waals surface area contributed by atoms with Crippen molar-refractivity contribution < 1.29 is 4.79 Å². The first-order valence-electron chi connectivity index (χ1n) is 8.26. The van der Waals surface area contributed by atoms with Gasteiger partial charge in [-0.15, -0.1) is 24.0 Å². The number of likely N-dealkylation sites (N-methyl/N-ethyl adjacent to an activating group) is 1. The van der Waals surface area contributed by atoms with E-state index >= 15 is 0 Å². The van der Waals surface area contributed by atoms with Crippen LogP contribution in [0.5, 0.6) is 0 Å². The van der Waals surface area contributed by atoms with Gasteiger partial charge in [0.25, 0.3) is 0 Å². The van der Waals surface area contributed by atoms with Gasteiger partial charge in [0.2, 0.25) is 5.91 Å². The molecule has 2 N–H and O–H groups in total. The van der Waals surface area contributed by atoms with E-state index in [1.165, 1.54) is 0 Å². The molecule has 0 aromatic heterocycles. The van der Waals surface area contributed by atoms with E-state index in [1.54, 1.807) is 7.05 Å². The fourth-order valence-corrected chi connectivity index (χ4v) is 2.03. The van der Waals surface area contributed by atoms with Gasteiger partial charge < -0.3 is 15.5 Å². The summed E-state index contributed by atoms with van der Waals surface area (Å²) >= 11 is 0. The molecule has 0 radical (unpaired) electrons. The van der Waals surface area contributed by atoms with Crippen molar-refractivity contribution in [1.82, 2.24) is 15.5 Å². The standard InChI is InChI=1S/C18H30N4O.HI/c1-6-22(13-16-10-8-7-9-11-16)17(23)12-20-18(19-5)21-15(4)14(2)3;/h7-11,14-15H,6,12-13H2,1-5H3,(H2,19,20,21);1H. The second-order valence-electron chi connectivity index (χ2n) is 6.00. The van der Waals surface area contributed by atoms with Crippen LogP contribution in [0.3, 0.4) is 0 Å². The van der Waals surface area contributed by atoms with Crippen molar-refractivity contribution >= 4 is 35.8 Å². The first kappa shape index (κ1) is 22.7. The third-order valence-electron chi connectivity index (χ3n) is 3.95. The molecule has 24 heavy (non-hydrogen) atoms. The quantitative estimate of drug-likeness (QED) is 0.385. The molecule has 1 atom stereocenters. The molecule has 0 heterocycles. The van der Waals surface area contributed by atoms with Crippen LogP contribution in [0.25, 0.3) is 0 Å². The molecule has 1 aromatic carbocycles. The van der Waals surface area contributed by atoms with Crippen molar-refractivity contribution in [2.24, 2.45) is 10.9 Å². The number of halogens is 1. The molecule has 0 saturated carbocycles. The van der Waals surface area contributed by atoms with Crippen molar-refractivity contribution in [2.75, 3.05) is 20.1 Å². The number of guanidine groups is 1. The fraction of sp³-hybridized carbons (Fsp3) is 0.556. The lowest BCUT2D eigenvalue weighted by Gasteiger charge is -2.23. The molecule has 5 nitrogen and oxygen atoms in total. The zero-order chi connectivity index (χ0) is 17.2. The van der Waals surface area contributed by atoms with Gasteiger partial charge in [-0.1, -0.05) is 44.2 Å². The first-order valence-corrected chi connectivity index (χ1v) is 8.26. The van der Waals surface area contributed by atoms with Gasteiger partial charge in [-0.2, -0.15) is 0 Å². The van der Waals surface area contributed by atoms with Crippen molar-refractivity contribution in [1.29, 1.82) is 0 Å². The lowest BCUT2D eigenvalue weighted by molar-refractivity contribution is -0.130. The highest BCUT2D eigenvalue weighted by molar-refractivity contribution is 14.0. The topological polar surface area (TPSA) is 56.7 Å². The number of rotatable bonds is 7. The average Bonchev–Trinajstić information content (AvgIpc) is 2.56. The Labute approximate surface area is 163 Å². The van der Waals surface area contributed by atoms with Crippen LogP contribution in [-0.4, -0.2) is 42.9 Å². The Kier molecular flexibility index (Phi) is 11.4. The Morgan fingerprint density at radius 1 is 1.21 bits per heavy atom. The molecule has 0 spiro atoms. The molecule has 0 fully saturated rings. The molecule has 0 aliphatic heterocycles. The Morgan fingerprint density at radius 2 is 1.83 bits per heavy atom. The van der Waals surface area contributed by atoms with Gasteiger partial charge in [0.15, 0.2) is 5.96 Å². The van der Waals surface area contributed by atoms with Gasteiger partial charge in [0, 0.05) is 26.2 Å².